The second-order valence-electron chi connectivity index (χ2n) is 4.47. The molecule has 0 atom stereocenters. The van der Waals surface area contributed by atoms with Crippen molar-refractivity contribution in [2.45, 2.75) is 13.5 Å². The van der Waals surface area contributed by atoms with Gasteiger partial charge >= 0.3 is 0 Å². The number of aryl methyl sites for hydroxylation is 1. The van der Waals surface area contributed by atoms with Gasteiger partial charge in [0.2, 0.25) is 0 Å². The number of para-hydroxylation sites is 1. The monoisotopic (exact) mass is 334 g/mol. The molecule has 4 nitrogen and oxygen atoms in total. The summed E-state index contributed by atoms with van der Waals surface area (Å²) in [5, 5.41) is 3.12. The van der Waals surface area contributed by atoms with E-state index in [9.17, 15) is 4.39 Å². The number of anilines is 1. The maximum Gasteiger partial charge on any atom is 0.155 e. The van der Waals surface area contributed by atoms with Crippen molar-refractivity contribution in [3.8, 4) is 0 Å². The second kappa shape index (κ2) is 5.20. The Morgan fingerprint density at radius 2 is 2.15 bits per heavy atom. The number of rotatable bonds is 3. The highest BCUT2D eigenvalue weighted by molar-refractivity contribution is 9.10. The Morgan fingerprint density at radius 1 is 1.30 bits per heavy atom. The Balaban J connectivity index is 1.89. The average molecular weight is 335 g/mol. The zero-order valence-corrected chi connectivity index (χ0v) is 12.4. The number of hydrogen-bond acceptors (Lipinski definition) is 3. The number of hydrogen-bond donors (Lipinski definition) is 1. The smallest absolute Gasteiger partial charge is 0.155 e. The third-order valence-electron chi connectivity index (χ3n) is 3.11. The molecule has 0 saturated heterocycles. The summed E-state index contributed by atoms with van der Waals surface area (Å²) in [4.78, 5) is 8.38. The molecule has 0 bridgehead atoms. The fourth-order valence-corrected chi connectivity index (χ4v) is 2.39. The van der Waals surface area contributed by atoms with Gasteiger partial charge in [0.1, 0.15) is 10.4 Å². The molecule has 0 saturated carbocycles. The van der Waals surface area contributed by atoms with Gasteiger partial charge in [0.05, 0.1) is 30.3 Å². The van der Waals surface area contributed by atoms with Gasteiger partial charge in [-0.25, -0.2) is 14.4 Å². The number of nitrogens with one attached hydrogen (secondary N) is 1. The number of benzene rings is 1. The fraction of sp³-hybridized carbons (Fsp3) is 0.143. The van der Waals surface area contributed by atoms with Crippen LogP contribution in [-0.2, 0) is 6.54 Å². The minimum atomic E-state index is -0.248. The number of fused-ring (bicyclic) bond motifs is 1. The highest BCUT2D eigenvalue weighted by Crippen LogP contribution is 2.20. The van der Waals surface area contributed by atoms with E-state index >= 15 is 0 Å². The summed E-state index contributed by atoms with van der Waals surface area (Å²) in [6.45, 7) is 2.36. The van der Waals surface area contributed by atoms with Crippen LogP contribution in [0.2, 0.25) is 0 Å². The third kappa shape index (κ3) is 2.38. The molecule has 3 aromatic rings. The first-order chi connectivity index (χ1) is 9.65. The average Bonchev–Trinajstić information content (AvgIpc) is 2.81. The van der Waals surface area contributed by atoms with E-state index in [2.05, 4.69) is 31.2 Å². The van der Waals surface area contributed by atoms with E-state index in [1.807, 2.05) is 23.6 Å². The van der Waals surface area contributed by atoms with Gasteiger partial charge in [-0.15, -0.1) is 0 Å². The molecule has 6 heteroatoms. The van der Waals surface area contributed by atoms with Gasteiger partial charge in [-0.1, -0.05) is 12.1 Å². The van der Waals surface area contributed by atoms with Crippen molar-refractivity contribution in [2.24, 2.45) is 0 Å². The predicted molar refractivity (Wildman–Crippen MR) is 79.2 cm³/mol. The highest BCUT2D eigenvalue weighted by atomic mass is 79.9. The first-order valence-electron chi connectivity index (χ1n) is 6.11. The standard InChI is InChI=1S/C14H12BrFN4/c1-9-3-2-4-11(16)14(9)19-6-10-5-18-13-7-17-12(15)8-20(10)13/h2-5,7-8,19H,6H2,1H3. The summed E-state index contributed by atoms with van der Waals surface area (Å²) in [6, 6.07) is 5.03. The van der Waals surface area contributed by atoms with Crippen molar-refractivity contribution >= 4 is 27.3 Å². The third-order valence-corrected chi connectivity index (χ3v) is 3.52. The molecular formula is C14H12BrFN4. The molecule has 102 valence electrons. The van der Waals surface area contributed by atoms with Gasteiger partial charge in [-0.05, 0) is 34.5 Å². The van der Waals surface area contributed by atoms with Crippen molar-refractivity contribution in [2.75, 3.05) is 5.32 Å². The first-order valence-corrected chi connectivity index (χ1v) is 6.91. The minimum Gasteiger partial charge on any atom is -0.377 e. The van der Waals surface area contributed by atoms with Crippen molar-refractivity contribution in [3.63, 3.8) is 0 Å². The van der Waals surface area contributed by atoms with Gasteiger partial charge < -0.3 is 5.32 Å². The van der Waals surface area contributed by atoms with Crippen LogP contribution < -0.4 is 5.32 Å². The van der Waals surface area contributed by atoms with Crippen LogP contribution in [0.1, 0.15) is 11.3 Å². The van der Waals surface area contributed by atoms with E-state index < -0.39 is 0 Å². The Bertz CT molecular complexity index is 749. The van der Waals surface area contributed by atoms with Crippen molar-refractivity contribution < 1.29 is 4.39 Å². The van der Waals surface area contributed by atoms with Crippen LogP contribution in [-0.4, -0.2) is 14.4 Å². The first kappa shape index (κ1) is 13.1. The molecule has 0 amide bonds. The van der Waals surface area contributed by atoms with Gasteiger partial charge in [0.25, 0.3) is 0 Å². The van der Waals surface area contributed by atoms with Crippen molar-refractivity contribution in [3.05, 3.63) is 58.5 Å². The van der Waals surface area contributed by atoms with Gasteiger partial charge in [-0.3, -0.25) is 4.40 Å². The Labute approximate surface area is 123 Å². The van der Waals surface area contributed by atoms with Crippen molar-refractivity contribution in [1.29, 1.82) is 0 Å². The van der Waals surface area contributed by atoms with Gasteiger partial charge in [-0.2, -0.15) is 0 Å². The van der Waals surface area contributed by atoms with E-state index in [0.29, 0.717) is 12.2 Å². The molecule has 0 fully saturated rings. The molecule has 3 rings (SSSR count). The lowest BCUT2D eigenvalue weighted by Gasteiger charge is -2.10. The number of aromatic nitrogens is 3. The molecule has 0 aliphatic carbocycles. The quantitative estimate of drug-likeness (QED) is 0.796. The molecule has 2 heterocycles. The molecule has 0 aliphatic heterocycles. The zero-order valence-electron chi connectivity index (χ0n) is 10.8. The lowest BCUT2D eigenvalue weighted by molar-refractivity contribution is 0.629. The second-order valence-corrected chi connectivity index (χ2v) is 5.29. The lowest BCUT2D eigenvalue weighted by Crippen LogP contribution is -2.05. The maximum absolute atomic E-state index is 13.8. The maximum atomic E-state index is 13.8. The summed E-state index contributed by atoms with van der Waals surface area (Å²) in [5.41, 5.74) is 3.10. The van der Waals surface area contributed by atoms with Crippen LogP contribution in [0.4, 0.5) is 10.1 Å². The zero-order chi connectivity index (χ0) is 14.1. The van der Waals surface area contributed by atoms with E-state index in [1.165, 1.54) is 6.07 Å². The number of halogens is 2. The van der Waals surface area contributed by atoms with E-state index in [-0.39, 0.29) is 5.82 Å². The number of imidazole rings is 1. The summed E-state index contributed by atoms with van der Waals surface area (Å²) in [5.74, 6) is -0.248. The van der Waals surface area contributed by atoms with E-state index in [4.69, 9.17) is 0 Å². The van der Waals surface area contributed by atoms with E-state index in [1.54, 1.807) is 18.5 Å². The summed E-state index contributed by atoms with van der Waals surface area (Å²) >= 11 is 3.33. The Morgan fingerprint density at radius 3 is 2.95 bits per heavy atom. The Hall–Kier alpha value is -1.95. The molecule has 0 aliphatic rings. The molecule has 0 unspecified atom stereocenters. The predicted octanol–water partition coefficient (Wildman–Crippen LogP) is 3.55. The van der Waals surface area contributed by atoms with Crippen LogP contribution in [0.5, 0.6) is 0 Å². The van der Waals surface area contributed by atoms with Crippen LogP contribution in [0.15, 0.2) is 41.4 Å². The molecule has 2 aromatic heterocycles. The van der Waals surface area contributed by atoms with Crippen LogP contribution in [0.3, 0.4) is 0 Å². The summed E-state index contributed by atoms with van der Waals surface area (Å²) in [6.07, 6.45) is 5.28. The molecule has 20 heavy (non-hydrogen) atoms. The van der Waals surface area contributed by atoms with Gasteiger partial charge in [0, 0.05) is 6.20 Å². The van der Waals surface area contributed by atoms with Crippen molar-refractivity contribution in [1.82, 2.24) is 14.4 Å². The molecular weight excluding hydrogens is 323 g/mol. The number of nitrogens with zero attached hydrogens (tertiary/aromatic N) is 3. The SMILES string of the molecule is Cc1cccc(F)c1NCc1cnc2cnc(Br)cn12. The molecule has 1 N–H and O–H groups in total. The molecule has 0 spiro atoms. The largest absolute Gasteiger partial charge is 0.377 e. The lowest BCUT2D eigenvalue weighted by atomic mass is 10.2. The van der Waals surface area contributed by atoms with Gasteiger partial charge in [0.15, 0.2) is 5.65 Å². The van der Waals surface area contributed by atoms with E-state index in [0.717, 1.165) is 21.5 Å². The minimum absolute atomic E-state index is 0.248. The highest BCUT2D eigenvalue weighted by Gasteiger charge is 2.07. The normalized spacial score (nSPS) is 10.9. The fourth-order valence-electron chi connectivity index (χ4n) is 2.08. The topological polar surface area (TPSA) is 42.2 Å². The van der Waals surface area contributed by atoms with Crippen LogP contribution in [0.25, 0.3) is 5.65 Å². The summed E-state index contributed by atoms with van der Waals surface area (Å²) in [7, 11) is 0. The summed E-state index contributed by atoms with van der Waals surface area (Å²) < 4.78 is 16.4. The Kier molecular flexibility index (Phi) is 3.40. The molecule has 1 aromatic carbocycles. The van der Waals surface area contributed by atoms with Crippen LogP contribution in [0, 0.1) is 12.7 Å². The van der Waals surface area contributed by atoms with Crippen LogP contribution >= 0.6 is 15.9 Å². The molecule has 0 radical (unpaired) electrons.